The summed E-state index contributed by atoms with van der Waals surface area (Å²) in [7, 11) is 3.42. The van der Waals surface area contributed by atoms with E-state index in [0.717, 1.165) is 5.75 Å². The number of ether oxygens (including phenoxy) is 2. The summed E-state index contributed by atoms with van der Waals surface area (Å²) < 4.78 is 10.6. The summed E-state index contributed by atoms with van der Waals surface area (Å²) in [5.41, 5.74) is 2.43. The molecule has 0 aromatic heterocycles. The lowest BCUT2D eigenvalue weighted by molar-refractivity contribution is 0.162. The average Bonchev–Trinajstić information content (AvgIpc) is 2.55. The van der Waals surface area contributed by atoms with Gasteiger partial charge in [-0.25, -0.2) is 0 Å². The molecule has 2 aromatic carbocycles. The van der Waals surface area contributed by atoms with Crippen LogP contribution in [0.5, 0.6) is 5.75 Å². The minimum absolute atomic E-state index is 0.164. The predicted molar refractivity (Wildman–Crippen MR) is 85.6 cm³/mol. The molecule has 2 atom stereocenters. The molecule has 0 aliphatic heterocycles. The lowest BCUT2D eigenvalue weighted by Gasteiger charge is -2.24. The largest absolute Gasteiger partial charge is 0.497 e. The van der Waals surface area contributed by atoms with Crippen molar-refractivity contribution < 1.29 is 9.47 Å². The Balaban J connectivity index is 2.12. The molecule has 0 amide bonds. The SMILES string of the molecule is COCC(N[C@@H](C)c1cccc(OC)c1)c1ccccc1. The number of methoxy groups -OCH3 is 2. The summed E-state index contributed by atoms with van der Waals surface area (Å²) in [5.74, 6) is 0.879. The van der Waals surface area contributed by atoms with Gasteiger partial charge in [0, 0.05) is 13.2 Å². The van der Waals surface area contributed by atoms with Crippen molar-refractivity contribution in [3.63, 3.8) is 0 Å². The normalized spacial score (nSPS) is 13.7. The maximum absolute atomic E-state index is 5.35. The zero-order valence-corrected chi connectivity index (χ0v) is 12.9. The summed E-state index contributed by atoms with van der Waals surface area (Å²) >= 11 is 0. The van der Waals surface area contributed by atoms with Crippen molar-refractivity contribution in [1.29, 1.82) is 0 Å². The van der Waals surface area contributed by atoms with E-state index in [1.54, 1.807) is 14.2 Å². The van der Waals surface area contributed by atoms with Crippen molar-refractivity contribution in [2.75, 3.05) is 20.8 Å². The summed E-state index contributed by atoms with van der Waals surface area (Å²) in [6.45, 7) is 2.79. The van der Waals surface area contributed by atoms with Gasteiger partial charge in [-0.05, 0) is 30.2 Å². The zero-order chi connectivity index (χ0) is 15.1. The summed E-state index contributed by atoms with van der Waals surface area (Å²) in [5, 5.41) is 3.62. The topological polar surface area (TPSA) is 30.5 Å². The predicted octanol–water partition coefficient (Wildman–Crippen LogP) is 3.73. The van der Waals surface area contributed by atoms with E-state index < -0.39 is 0 Å². The molecule has 0 bridgehead atoms. The molecule has 112 valence electrons. The van der Waals surface area contributed by atoms with E-state index in [-0.39, 0.29) is 12.1 Å². The van der Waals surface area contributed by atoms with Crippen LogP contribution >= 0.6 is 0 Å². The molecule has 0 saturated carbocycles. The molecule has 0 spiro atoms. The van der Waals surface area contributed by atoms with Crippen LogP contribution in [0.3, 0.4) is 0 Å². The van der Waals surface area contributed by atoms with Crippen LogP contribution in [0, 0.1) is 0 Å². The Labute approximate surface area is 126 Å². The quantitative estimate of drug-likeness (QED) is 0.840. The van der Waals surface area contributed by atoms with Crippen LogP contribution in [0.15, 0.2) is 54.6 Å². The third kappa shape index (κ3) is 4.31. The van der Waals surface area contributed by atoms with Crippen LogP contribution in [0.25, 0.3) is 0 Å². The highest BCUT2D eigenvalue weighted by molar-refractivity contribution is 5.30. The van der Waals surface area contributed by atoms with Gasteiger partial charge in [0.2, 0.25) is 0 Å². The summed E-state index contributed by atoms with van der Waals surface area (Å²) in [6, 6.07) is 18.9. The Morgan fingerprint density at radius 1 is 0.952 bits per heavy atom. The van der Waals surface area contributed by atoms with Crippen LogP contribution in [0.1, 0.15) is 30.1 Å². The molecule has 3 heteroatoms. The van der Waals surface area contributed by atoms with E-state index >= 15 is 0 Å². The summed E-state index contributed by atoms with van der Waals surface area (Å²) in [4.78, 5) is 0. The average molecular weight is 285 g/mol. The number of hydrogen-bond acceptors (Lipinski definition) is 3. The lowest BCUT2D eigenvalue weighted by Crippen LogP contribution is -2.28. The van der Waals surface area contributed by atoms with Gasteiger partial charge in [-0.15, -0.1) is 0 Å². The molecule has 0 heterocycles. The van der Waals surface area contributed by atoms with E-state index in [1.165, 1.54) is 11.1 Å². The van der Waals surface area contributed by atoms with Gasteiger partial charge in [-0.3, -0.25) is 0 Å². The van der Waals surface area contributed by atoms with E-state index in [4.69, 9.17) is 9.47 Å². The second kappa shape index (κ2) is 7.81. The molecule has 0 aliphatic rings. The molecule has 2 aromatic rings. The molecular formula is C18H23NO2. The monoisotopic (exact) mass is 285 g/mol. The molecule has 1 unspecified atom stereocenters. The Bertz CT molecular complexity index is 542. The van der Waals surface area contributed by atoms with Gasteiger partial charge in [-0.1, -0.05) is 42.5 Å². The lowest BCUT2D eigenvalue weighted by atomic mass is 10.0. The van der Waals surface area contributed by atoms with Crippen LogP contribution in [0.4, 0.5) is 0 Å². The van der Waals surface area contributed by atoms with E-state index in [2.05, 4.69) is 48.6 Å². The highest BCUT2D eigenvalue weighted by atomic mass is 16.5. The van der Waals surface area contributed by atoms with Crippen LogP contribution in [0.2, 0.25) is 0 Å². The number of benzene rings is 2. The minimum Gasteiger partial charge on any atom is -0.497 e. The third-order valence-electron chi connectivity index (χ3n) is 3.58. The van der Waals surface area contributed by atoms with Crippen LogP contribution < -0.4 is 10.1 Å². The summed E-state index contributed by atoms with van der Waals surface area (Å²) in [6.07, 6.45) is 0. The van der Waals surface area contributed by atoms with Crippen molar-refractivity contribution in [3.05, 3.63) is 65.7 Å². The maximum atomic E-state index is 5.35. The molecule has 0 fully saturated rings. The molecule has 0 radical (unpaired) electrons. The smallest absolute Gasteiger partial charge is 0.119 e. The van der Waals surface area contributed by atoms with Crippen molar-refractivity contribution in [2.24, 2.45) is 0 Å². The first kappa shape index (κ1) is 15.5. The van der Waals surface area contributed by atoms with Gasteiger partial charge >= 0.3 is 0 Å². The van der Waals surface area contributed by atoms with Crippen molar-refractivity contribution in [2.45, 2.75) is 19.0 Å². The van der Waals surface area contributed by atoms with Gasteiger partial charge in [0.05, 0.1) is 19.8 Å². The van der Waals surface area contributed by atoms with Gasteiger partial charge in [-0.2, -0.15) is 0 Å². The van der Waals surface area contributed by atoms with Gasteiger partial charge < -0.3 is 14.8 Å². The maximum Gasteiger partial charge on any atom is 0.119 e. The van der Waals surface area contributed by atoms with Gasteiger partial charge in [0.15, 0.2) is 0 Å². The second-order valence-electron chi connectivity index (χ2n) is 5.08. The standard InChI is InChI=1S/C18H23NO2/c1-14(16-10-7-11-17(12-16)21-3)19-18(13-20-2)15-8-5-4-6-9-15/h4-12,14,18-19H,13H2,1-3H3/t14-,18?/m0/s1. The fourth-order valence-corrected chi connectivity index (χ4v) is 2.40. The molecule has 21 heavy (non-hydrogen) atoms. The Kier molecular flexibility index (Phi) is 5.78. The number of rotatable bonds is 7. The Morgan fingerprint density at radius 3 is 2.33 bits per heavy atom. The van der Waals surface area contributed by atoms with Crippen LogP contribution in [-0.2, 0) is 4.74 Å². The first-order valence-corrected chi connectivity index (χ1v) is 7.18. The molecule has 3 nitrogen and oxygen atoms in total. The molecule has 1 N–H and O–H groups in total. The van der Waals surface area contributed by atoms with Crippen LogP contribution in [-0.4, -0.2) is 20.8 Å². The fourth-order valence-electron chi connectivity index (χ4n) is 2.40. The Hall–Kier alpha value is -1.84. The first-order valence-electron chi connectivity index (χ1n) is 7.18. The third-order valence-corrected chi connectivity index (χ3v) is 3.58. The number of nitrogens with one attached hydrogen (secondary N) is 1. The van der Waals surface area contributed by atoms with E-state index in [1.807, 2.05) is 18.2 Å². The highest BCUT2D eigenvalue weighted by Crippen LogP contribution is 2.22. The minimum atomic E-state index is 0.164. The zero-order valence-electron chi connectivity index (χ0n) is 12.9. The molecule has 2 rings (SSSR count). The fraction of sp³-hybridized carbons (Fsp3) is 0.333. The van der Waals surface area contributed by atoms with E-state index in [9.17, 15) is 0 Å². The number of hydrogen-bond donors (Lipinski definition) is 1. The molecule has 0 aliphatic carbocycles. The van der Waals surface area contributed by atoms with Crippen molar-refractivity contribution in [3.8, 4) is 5.75 Å². The van der Waals surface area contributed by atoms with Crippen molar-refractivity contribution in [1.82, 2.24) is 5.32 Å². The van der Waals surface area contributed by atoms with Gasteiger partial charge in [0.1, 0.15) is 5.75 Å². The molecule has 0 saturated heterocycles. The second-order valence-corrected chi connectivity index (χ2v) is 5.08. The Morgan fingerprint density at radius 2 is 1.67 bits per heavy atom. The van der Waals surface area contributed by atoms with E-state index in [0.29, 0.717) is 6.61 Å². The van der Waals surface area contributed by atoms with Crippen molar-refractivity contribution >= 4 is 0 Å². The highest BCUT2D eigenvalue weighted by Gasteiger charge is 2.15. The van der Waals surface area contributed by atoms with Gasteiger partial charge in [0.25, 0.3) is 0 Å². The molecular weight excluding hydrogens is 262 g/mol. The first-order chi connectivity index (χ1) is 10.2.